The van der Waals surface area contributed by atoms with Crippen LogP contribution in [0.25, 0.3) is 11.1 Å². The second-order valence-corrected chi connectivity index (χ2v) is 7.77. The number of hydrogen-bond donors (Lipinski definition) is 0. The van der Waals surface area contributed by atoms with Gasteiger partial charge in [-0.25, -0.2) is 0 Å². The first-order valence-electron chi connectivity index (χ1n) is 10.3. The Bertz CT molecular complexity index is 989. The lowest BCUT2D eigenvalue weighted by molar-refractivity contribution is -0.152. The van der Waals surface area contributed by atoms with Crippen LogP contribution in [0, 0.1) is 0 Å². The zero-order valence-electron chi connectivity index (χ0n) is 17.6. The maximum absolute atomic E-state index is 12.0. The van der Waals surface area contributed by atoms with Crippen molar-refractivity contribution in [3.8, 4) is 28.4 Å². The second-order valence-electron chi connectivity index (χ2n) is 7.77. The molecule has 0 saturated heterocycles. The fourth-order valence-corrected chi connectivity index (χ4v) is 3.82. The molecule has 2 aromatic rings. The van der Waals surface area contributed by atoms with Crippen molar-refractivity contribution in [3.05, 3.63) is 41.5 Å². The highest BCUT2D eigenvalue weighted by atomic mass is 16.6. The van der Waals surface area contributed by atoms with Crippen molar-refractivity contribution in [1.82, 2.24) is 0 Å². The molecule has 0 bridgehead atoms. The molecule has 30 heavy (non-hydrogen) atoms. The summed E-state index contributed by atoms with van der Waals surface area (Å²) in [5, 5.41) is 0. The van der Waals surface area contributed by atoms with Gasteiger partial charge in [-0.05, 0) is 42.5 Å². The van der Waals surface area contributed by atoms with Crippen molar-refractivity contribution in [2.24, 2.45) is 0 Å². The molecule has 6 nitrogen and oxygen atoms in total. The highest BCUT2D eigenvalue weighted by Crippen LogP contribution is 2.47. The highest BCUT2D eigenvalue weighted by Gasteiger charge is 2.48. The molecule has 0 aromatic heterocycles. The number of hydrogen-bond acceptors (Lipinski definition) is 6. The first-order chi connectivity index (χ1) is 14.5. The Morgan fingerprint density at radius 3 is 2.43 bits per heavy atom. The van der Waals surface area contributed by atoms with E-state index < -0.39 is 5.60 Å². The van der Waals surface area contributed by atoms with Crippen LogP contribution in [-0.2, 0) is 16.0 Å². The van der Waals surface area contributed by atoms with Gasteiger partial charge in [-0.15, -0.1) is 0 Å². The van der Waals surface area contributed by atoms with Gasteiger partial charge in [0.2, 0.25) is 5.75 Å². The van der Waals surface area contributed by atoms with E-state index in [0.717, 1.165) is 41.5 Å². The number of Topliss-reactive ketones (excluding diaryl/α,β-unsaturated/α-hetero) is 1. The zero-order chi connectivity index (χ0) is 21.3. The molecule has 0 spiro atoms. The fourth-order valence-electron chi connectivity index (χ4n) is 3.82. The standard InChI is InChI=1S/C24H26O6/c1-4-21(26)30-24(11-12-24)14-29-22-18(8-10-20(27-2)23(22)28-3)16-5-7-17-15(13-16)6-9-19(17)25/h5,7-8,10,13H,4,6,9,11-12,14H2,1-3H3. The van der Waals surface area contributed by atoms with E-state index in [1.807, 2.05) is 30.3 Å². The fraction of sp³-hybridized carbons (Fsp3) is 0.417. The molecule has 1 fully saturated rings. The molecule has 6 heteroatoms. The third-order valence-electron chi connectivity index (χ3n) is 5.74. The monoisotopic (exact) mass is 410 g/mol. The lowest BCUT2D eigenvalue weighted by atomic mass is 9.99. The summed E-state index contributed by atoms with van der Waals surface area (Å²) in [6.45, 7) is 2.03. The van der Waals surface area contributed by atoms with Crippen molar-refractivity contribution < 1.29 is 28.5 Å². The highest BCUT2D eigenvalue weighted by molar-refractivity contribution is 6.01. The first-order valence-corrected chi connectivity index (χ1v) is 10.3. The molecule has 0 heterocycles. The third-order valence-corrected chi connectivity index (χ3v) is 5.74. The molecule has 0 unspecified atom stereocenters. The maximum atomic E-state index is 12.0. The Balaban J connectivity index is 1.69. The van der Waals surface area contributed by atoms with Gasteiger partial charge in [0, 0.05) is 24.0 Å². The number of carbonyl (C=O) groups is 2. The lowest BCUT2D eigenvalue weighted by Crippen LogP contribution is -2.26. The molecule has 0 atom stereocenters. The molecule has 4 rings (SSSR count). The smallest absolute Gasteiger partial charge is 0.306 e. The van der Waals surface area contributed by atoms with E-state index in [9.17, 15) is 9.59 Å². The molecule has 1 saturated carbocycles. The maximum Gasteiger partial charge on any atom is 0.306 e. The summed E-state index contributed by atoms with van der Waals surface area (Å²) < 4.78 is 22.9. The SMILES string of the molecule is CCC(=O)OC1(COc2c(-c3ccc4c(c3)CCC4=O)ccc(OC)c2OC)CC1. The third kappa shape index (κ3) is 3.74. The van der Waals surface area contributed by atoms with Crippen LogP contribution in [0.2, 0.25) is 0 Å². The Labute approximate surface area is 176 Å². The largest absolute Gasteiger partial charge is 0.493 e. The predicted octanol–water partition coefficient (Wildman–Crippen LogP) is 4.36. The minimum Gasteiger partial charge on any atom is -0.493 e. The van der Waals surface area contributed by atoms with Crippen LogP contribution < -0.4 is 14.2 Å². The minimum absolute atomic E-state index is 0.189. The van der Waals surface area contributed by atoms with Crippen molar-refractivity contribution in [2.75, 3.05) is 20.8 Å². The topological polar surface area (TPSA) is 71.1 Å². The van der Waals surface area contributed by atoms with E-state index in [0.29, 0.717) is 30.1 Å². The molecule has 0 amide bonds. The van der Waals surface area contributed by atoms with Gasteiger partial charge in [0.15, 0.2) is 17.3 Å². The Hall–Kier alpha value is -3.02. The van der Waals surface area contributed by atoms with Crippen LogP contribution >= 0.6 is 0 Å². The number of ether oxygens (including phenoxy) is 4. The zero-order valence-corrected chi connectivity index (χ0v) is 17.6. The molecule has 0 aliphatic heterocycles. The number of esters is 1. The number of aryl methyl sites for hydroxylation is 1. The van der Waals surface area contributed by atoms with E-state index in [-0.39, 0.29) is 18.4 Å². The summed E-state index contributed by atoms with van der Waals surface area (Å²) in [4.78, 5) is 23.8. The average Bonchev–Trinajstić information content (AvgIpc) is 3.44. The van der Waals surface area contributed by atoms with E-state index in [1.165, 1.54) is 0 Å². The number of benzene rings is 2. The predicted molar refractivity (Wildman–Crippen MR) is 111 cm³/mol. The van der Waals surface area contributed by atoms with Crippen molar-refractivity contribution in [1.29, 1.82) is 0 Å². The van der Waals surface area contributed by atoms with Crippen LogP contribution in [0.3, 0.4) is 0 Å². The van der Waals surface area contributed by atoms with Crippen LogP contribution in [0.4, 0.5) is 0 Å². The van der Waals surface area contributed by atoms with E-state index in [2.05, 4.69) is 0 Å². The molecule has 0 N–H and O–H groups in total. The van der Waals surface area contributed by atoms with Gasteiger partial charge in [0.1, 0.15) is 12.2 Å². The summed E-state index contributed by atoms with van der Waals surface area (Å²) in [5.41, 5.74) is 3.06. The Kier molecular flexibility index (Phi) is 5.41. The summed E-state index contributed by atoms with van der Waals surface area (Å²) in [7, 11) is 3.15. The van der Waals surface area contributed by atoms with Crippen LogP contribution in [-0.4, -0.2) is 38.2 Å². The van der Waals surface area contributed by atoms with Crippen LogP contribution in [0.15, 0.2) is 30.3 Å². The number of rotatable bonds is 8. The molecular weight excluding hydrogens is 384 g/mol. The van der Waals surface area contributed by atoms with Gasteiger partial charge >= 0.3 is 5.97 Å². The number of fused-ring (bicyclic) bond motifs is 1. The number of ketones is 1. The molecule has 2 aromatic carbocycles. The van der Waals surface area contributed by atoms with Crippen molar-refractivity contribution >= 4 is 11.8 Å². The Morgan fingerprint density at radius 2 is 1.77 bits per heavy atom. The van der Waals surface area contributed by atoms with Gasteiger partial charge < -0.3 is 18.9 Å². The summed E-state index contributed by atoms with van der Waals surface area (Å²) in [6.07, 6.45) is 3.20. The van der Waals surface area contributed by atoms with Gasteiger partial charge in [-0.2, -0.15) is 0 Å². The van der Waals surface area contributed by atoms with E-state index in [4.69, 9.17) is 18.9 Å². The van der Waals surface area contributed by atoms with Gasteiger partial charge in [-0.3, -0.25) is 9.59 Å². The summed E-state index contributed by atoms with van der Waals surface area (Å²) >= 11 is 0. The minimum atomic E-state index is -0.567. The first kappa shape index (κ1) is 20.3. The molecular formula is C24H26O6. The number of carbonyl (C=O) groups excluding carboxylic acids is 2. The van der Waals surface area contributed by atoms with Crippen molar-refractivity contribution in [3.63, 3.8) is 0 Å². The molecule has 0 radical (unpaired) electrons. The van der Waals surface area contributed by atoms with E-state index >= 15 is 0 Å². The number of methoxy groups -OCH3 is 2. The average molecular weight is 410 g/mol. The van der Waals surface area contributed by atoms with E-state index in [1.54, 1.807) is 21.1 Å². The van der Waals surface area contributed by atoms with Crippen molar-refractivity contribution in [2.45, 2.75) is 44.6 Å². The lowest BCUT2D eigenvalue weighted by Gasteiger charge is -2.21. The second kappa shape index (κ2) is 8.01. The normalized spacial score (nSPS) is 16.0. The Morgan fingerprint density at radius 1 is 1.00 bits per heavy atom. The molecule has 2 aliphatic rings. The molecule has 158 valence electrons. The summed E-state index contributed by atoms with van der Waals surface area (Å²) in [6, 6.07) is 9.61. The quantitative estimate of drug-likeness (QED) is 0.602. The van der Waals surface area contributed by atoms with Gasteiger partial charge in [0.05, 0.1) is 14.2 Å². The molecule has 2 aliphatic carbocycles. The van der Waals surface area contributed by atoms with Gasteiger partial charge in [0.25, 0.3) is 0 Å². The van der Waals surface area contributed by atoms with Crippen LogP contribution in [0.5, 0.6) is 17.2 Å². The summed E-state index contributed by atoms with van der Waals surface area (Å²) in [5.74, 6) is 1.55. The van der Waals surface area contributed by atoms with Gasteiger partial charge in [-0.1, -0.05) is 25.1 Å². The van der Waals surface area contributed by atoms with Crippen LogP contribution in [0.1, 0.15) is 48.5 Å².